The maximum Gasteiger partial charge on any atom is 0.139 e. The largest absolute Gasteiger partial charge is 0.316 e. The van der Waals surface area contributed by atoms with Crippen LogP contribution in [0.1, 0.15) is 20.8 Å². The lowest BCUT2D eigenvalue weighted by Gasteiger charge is -2.30. The predicted molar refractivity (Wildman–Crippen MR) is 69.9 cm³/mol. The van der Waals surface area contributed by atoms with Crippen LogP contribution in [0.5, 0.6) is 0 Å². The first-order chi connectivity index (χ1) is 8.25. The summed E-state index contributed by atoms with van der Waals surface area (Å²) in [7, 11) is 0.214. The number of rotatable bonds is 4. The molecular formula is C13H19F2NOS. The monoisotopic (exact) mass is 275 g/mol. The first-order valence-electron chi connectivity index (χ1n) is 5.76. The van der Waals surface area contributed by atoms with Gasteiger partial charge in [0.25, 0.3) is 0 Å². The maximum absolute atomic E-state index is 13.5. The Morgan fingerprint density at radius 3 is 2.44 bits per heavy atom. The van der Waals surface area contributed by atoms with Gasteiger partial charge in [-0.1, -0.05) is 20.8 Å². The van der Waals surface area contributed by atoms with Gasteiger partial charge in [0.15, 0.2) is 0 Å². The van der Waals surface area contributed by atoms with Crippen molar-refractivity contribution in [3.63, 3.8) is 0 Å². The number of benzene rings is 1. The van der Waals surface area contributed by atoms with Crippen LogP contribution < -0.4 is 5.32 Å². The lowest BCUT2D eigenvalue weighted by atomic mass is 9.88. The molecular weight excluding hydrogens is 256 g/mol. The lowest BCUT2D eigenvalue weighted by Crippen LogP contribution is -2.42. The SMILES string of the molecule is CNC(CS(=O)c1cc(F)ccc1F)C(C)(C)C. The Morgan fingerprint density at radius 2 is 1.94 bits per heavy atom. The summed E-state index contributed by atoms with van der Waals surface area (Å²) in [5.41, 5.74) is -0.103. The molecule has 0 amide bonds. The third-order valence-electron chi connectivity index (χ3n) is 2.85. The molecule has 0 heterocycles. The smallest absolute Gasteiger partial charge is 0.139 e. The fourth-order valence-electron chi connectivity index (χ4n) is 1.66. The highest BCUT2D eigenvalue weighted by atomic mass is 32.2. The van der Waals surface area contributed by atoms with Crippen molar-refractivity contribution in [2.45, 2.75) is 31.7 Å². The highest BCUT2D eigenvalue weighted by molar-refractivity contribution is 7.85. The zero-order valence-electron chi connectivity index (χ0n) is 11.1. The van der Waals surface area contributed by atoms with Crippen LogP contribution in [0.2, 0.25) is 0 Å². The molecule has 102 valence electrons. The molecule has 0 spiro atoms. The normalized spacial score (nSPS) is 15.4. The molecule has 0 saturated heterocycles. The van der Waals surface area contributed by atoms with E-state index in [-0.39, 0.29) is 22.1 Å². The van der Waals surface area contributed by atoms with Crippen molar-refractivity contribution >= 4 is 10.8 Å². The van der Waals surface area contributed by atoms with Crippen LogP contribution in [0.4, 0.5) is 8.78 Å². The Hall–Kier alpha value is -0.810. The van der Waals surface area contributed by atoms with Crippen molar-refractivity contribution in [3.05, 3.63) is 29.8 Å². The fraction of sp³-hybridized carbons (Fsp3) is 0.538. The fourth-order valence-corrected chi connectivity index (χ4v) is 3.34. The van der Waals surface area contributed by atoms with E-state index in [0.717, 1.165) is 18.2 Å². The van der Waals surface area contributed by atoms with Crippen LogP contribution in [0, 0.1) is 17.0 Å². The molecule has 0 bridgehead atoms. The molecule has 1 N–H and O–H groups in total. The average Bonchev–Trinajstić information content (AvgIpc) is 2.27. The van der Waals surface area contributed by atoms with Crippen LogP contribution in [0.25, 0.3) is 0 Å². The molecule has 0 aliphatic heterocycles. The van der Waals surface area contributed by atoms with E-state index in [2.05, 4.69) is 5.32 Å². The van der Waals surface area contributed by atoms with Crippen molar-refractivity contribution in [1.82, 2.24) is 5.32 Å². The van der Waals surface area contributed by atoms with E-state index in [1.54, 1.807) is 7.05 Å². The predicted octanol–water partition coefficient (Wildman–Crippen LogP) is 2.71. The van der Waals surface area contributed by atoms with Crippen LogP contribution in [-0.2, 0) is 10.8 Å². The van der Waals surface area contributed by atoms with Crippen molar-refractivity contribution in [2.75, 3.05) is 12.8 Å². The topological polar surface area (TPSA) is 29.1 Å². The summed E-state index contributed by atoms with van der Waals surface area (Å²) in [5, 5.41) is 3.07. The Kier molecular flexibility index (Phi) is 4.99. The van der Waals surface area contributed by atoms with E-state index in [0.29, 0.717) is 0 Å². The zero-order valence-corrected chi connectivity index (χ0v) is 11.9. The summed E-state index contributed by atoms with van der Waals surface area (Å²) >= 11 is 0. The highest BCUT2D eigenvalue weighted by Crippen LogP contribution is 2.22. The number of halogens is 2. The minimum absolute atomic E-state index is 0.0407. The van der Waals surface area contributed by atoms with Gasteiger partial charge in [0.2, 0.25) is 0 Å². The molecule has 2 atom stereocenters. The van der Waals surface area contributed by atoms with Crippen molar-refractivity contribution in [3.8, 4) is 0 Å². The summed E-state index contributed by atoms with van der Waals surface area (Å²) in [5.74, 6) is -0.949. The zero-order chi connectivity index (χ0) is 13.9. The summed E-state index contributed by atoms with van der Waals surface area (Å²) in [6.07, 6.45) is 0. The molecule has 18 heavy (non-hydrogen) atoms. The Labute approximate surface area is 109 Å². The number of nitrogens with one attached hydrogen (secondary N) is 1. The minimum Gasteiger partial charge on any atom is -0.316 e. The van der Waals surface area contributed by atoms with Crippen LogP contribution in [0.3, 0.4) is 0 Å². The van der Waals surface area contributed by atoms with E-state index >= 15 is 0 Å². The minimum atomic E-state index is -1.56. The Morgan fingerprint density at radius 1 is 1.33 bits per heavy atom. The van der Waals surface area contributed by atoms with Gasteiger partial charge in [-0.05, 0) is 30.7 Å². The summed E-state index contributed by atoms with van der Waals surface area (Å²) in [4.78, 5) is -0.0699. The molecule has 0 aliphatic carbocycles. The second-order valence-electron chi connectivity index (χ2n) is 5.29. The van der Waals surface area contributed by atoms with Gasteiger partial charge in [-0.15, -0.1) is 0 Å². The van der Waals surface area contributed by atoms with E-state index in [1.807, 2.05) is 20.8 Å². The van der Waals surface area contributed by atoms with Crippen LogP contribution in [0.15, 0.2) is 23.1 Å². The van der Waals surface area contributed by atoms with Gasteiger partial charge in [0.1, 0.15) is 11.6 Å². The van der Waals surface area contributed by atoms with E-state index in [9.17, 15) is 13.0 Å². The van der Waals surface area contributed by atoms with Gasteiger partial charge in [-0.25, -0.2) is 8.78 Å². The van der Waals surface area contributed by atoms with E-state index in [1.165, 1.54) is 0 Å². The molecule has 1 aromatic carbocycles. The first-order valence-corrected chi connectivity index (χ1v) is 7.08. The highest BCUT2D eigenvalue weighted by Gasteiger charge is 2.26. The van der Waals surface area contributed by atoms with Gasteiger partial charge < -0.3 is 5.32 Å². The van der Waals surface area contributed by atoms with Gasteiger partial charge in [-0.2, -0.15) is 0 Å². The molecule has 1 aromatic rings. The number of hydrogen-bond acceptors (Lipinski definition) is 2. The molecule has 0 radical (unpaired) electrons. The molecule has 0 saturated carbocycles. The Bertz CT molecular complexity index is 443. The van der Waals surface area contributed by atoms with Gasteiger partial charge in [0, 0.05) is 11.8 Å². The molecule has 1 rings (SSSR count). The van der Waals surface area contributed by atoms with Gasteiger partial charge >= 0.3 is 0 Å². The second kappa shape index (κ2) is 5.89. The van der Waals surface area contributed by atoms with E-state index < -0.39 is 22.4 Å². The molecule has 0 aromatic heterocycles. The third-order valence-corrected chi connectivity index (χ3v) is 4.29. The molecule has 2 unspecified atom stereocenters. The Balaban J connectivity index is 2.91. The molecule has 2 nitrogen and oxygen atoms in total. The number of hydrogen-bond donors (Lipinski definition) is 1. The lowest BCUT2D eigenvalue weighted by molar-refractivity contribution is 0.304. The van der Waals surface area contributed by atoms with Crippen LogP contribution in [-0.4, -0.2) is 23.1 Å². The van der Waals surface area contributed by atoms with Crippen molar-refractivity contribution < 1.29 is 13.0 Å². The molecule has 0 fully saturated rings. The van der Waals surface area contributed by atoms with Gasteiger partial charge in [0.05, 0.1) is 15.7 Å². The third kappa shape index (κ3) is 3.85. The van der Waals surface area contributed by atoms with E-state index in [4.69, 9.17) is 0 Å². The maximum atomic E-state index is 13.5. The summed E-state index contributed by atoms with van der Waals surface area (Å²) < 4.78 is 38.6. The summed E-state index contributed by atoms with van der Waals surface area (Å²) in [6.45, 7) is 6.02. The van der Waals surface area contributed by atoms with Crippen molar-refractivity contribution in [1.29, 1.82) is 0 Å². The molecule has 0 aliphatic rings. The molecule has 5 heteroatoms. The van der Waals surface area contributed by atoms with Gasteiger partial charge in [-0.3, -0.25) is 4.21 Å². The first kappa shape index (κ1) is 15.2. The quantitative estimate of drug-likeness (QED) is 0.915. The van der Waals surface area contributed by atoms with Crippen molar-refractivity contribution in [2.24, 2.45) is 5.41 Å². The van der Waals surface area contributed by atoms with Crippen LogP contribution >= 0.6 is 0 Å². The average molecular weight is 275 g/mol. The second-order valence-corrected chi connectivity index (χ2v) is 6.76. The standard InChI is InChI=1S/C13H19F2NOS/c1-13(2,3)12(16-4)8-18(17)11-7-9(14)5-6-10(11)15/h5-7,12,16H,8H2,1-4H3. The summed E-state index contributed by atoms with van der Waals surface area (Å²) in [6, 6.07) is 2.99.